The number of rotatable bonds is 6. The number of anilines is 1. The zero-order valence-electron chi connectivity index (χ0n) is 17.0. The van der Waals surface area contributed by atoms with Crippen LogP contribution in [-0.4, -0.2) is 54.0 Å². The van der Waals surface area contributed by atoms with Crippen LogP contribution in [0.5, 0.6) is 0 Å². The average molecular weight is 396 g/mol. The molecule has 3 rings (SSSR count). The van der Waals surface area contributed by atoms with Crippen molar-refractivity contribution in [2.45, 2.75) is 26.4 Å². The van der Waals surface area contributed by atoms with Crippen molar-refractivity contribution in [1.29, 1.82) is 0 Å². The fourth-order valence-electron chi connectivity index (χ4n) is 3.33. The molecule has 0 bridgehead atoms. The summed E-state index contributed by atoms with van der Waals surface area (Å²) in [4.78, 5) is 33.7. The molecule has 1 saturated heterocycles. The number of carbonyl (C=O) groups is 2. The van der Waals surface area contributed by atoms with Crippen LogP contribution in [-0.2, 0) is 11.3 Å². The summed E-state index contributed by atoms with van der Waals surface area (Å²) in [6.45, 7) is 6.95. The van der Waals surface area contributed by atoms with E-state index < -0.39 is 6.04 Å². The van der Waals surface area contributed by atoms with Crippen molar-refractivity contribution in [2.24, 2.45) is 5.92 Å². The Bertz CT molecular complexity index is 789. The van der Waals surface area contributed by atoms with Crippen molar-refractivity contribution >= 4 is 17.8 Å². The van der Waals surface area contributed by atoms with E-state index in [2.05, 4.69) is 20.5 Å². The summed E-state index contributed by atoms with van der Waals surface area (Å²) >= 11 is 0. The normalized spacial score (nSPS) is 15.1. The fraction of sp³-hybridized carbons (Fsp3) is 0.409. The van der Waals surface area contributed by atoms with Gasteiger partial charge >= 0.3 is 6.03 Å². The summed E-state index contributed by atoms with van der Waals surface area (Å²) in [6.07, 6.45) is 1.77. The lowest BCUT2D eigenvalue weighted by molar-refractivity contribution is -0.124. The third-order valence-corrected chi connectivity index (χ3v) is 5.08. The molecule has 1 fully saturated rings. The average Bonchev–Trinajstić information content (AvgIpc) is 2.77. The van der Waals surface area contributed by atoms with Crippen LogP contribution in [0.25, 0.3) is 0 Å². The molecule has 1 aliphatic heterocycles. The van der Waals surface area contributed by atoms with Gasteiger partial charge in [0, 0.05) is 38.9 Å². The number of piperazine rings is 1. The molecule has 2 N–H and O–H groups in total. The van der Waals surface area contributed by atoms with Crippen LogP contribution in [0.15, 0.2) is 54.7 Å². The maximum Gasteiger partial charge on any atom is 0.318 e. The minimum absolute atomic E-state index is 0.00969. The predicted molar refractivity (Wildman–Crippen MR) is 113 cm³/mol. The van der Waals surface area contributed by atoms with E-state index >= 15 is 0 Å². The van der Waals surface area contributed by atoms with Gasteiger partial charge in [-0.05, 0) is 23.6 Å². The van der Waals surface area contributed by atoms with Crippen LogP contribution in [0.1, 0.15) is 19.4 Å². The predicted octanol–water partition coefficient (Wildman–Crippen LogP) is 2.25. The highest BCUT2D eigenvalue weighted by Gasteiger charge is 2.28. The fourth-order valence-corrected chi connectivity index (χ4v) is 3.33. The molecule has 0 spiro atoms. The number of hydrogen-bond acceptors (Lipinski definition) is 4. The van der Waals surface area contributed by atoms with Gasteiger partial charge in [-0.15, -0.1) is 0 Å². The number of amides is 3. The van der Waals surface area contributed by atoms with Gasteiger partial charge in [0.1, 0.15) is 11.9 Å². The molecule has 7 heteroatoms. The summed E-state index contributed by atoms with van der Waals surface area (Å²) in [5, 5.41) is 5.85. The quantitative estimate of drug-likeness (QED) is 0.787. The van der Waals surface area contributed by atoms with Gasteiger partial charge < -0.3 is 20.4 Å². The minimum atomic E-state index is -0.569. The molecular formula is C22H29N5O2. The number of nitrogens with one attached hydrogen (secondary N) is 2. The smallest absolute Gasteiger partial charge is 0.318 e. The van der Waals surface area contributed by atoms with E-state index in [-0.39, 0.29) is 17.9 Å². The topological polar surface area (TPSA) is 77.6 Å². The summed E-state index contributed by atoms with van der Waals surface area (Å²) in [7, 11) is 0. The molecule has 1 unspecified atom stereocenters. The molecule has 0 aliphatic carbocycles. The van der Waals surface area contributed by atoms with Crippen molar-refractivity contribution in [3.63, 3.8) is 0 Å². The minimum Gasteiger partial charge on any atom is -0.353 e. The first-order valence-corrected chi connectivity index (χ1v) is 10.1. The van der Waals surface area contributed by atoms with E-state index in [1.165, 1.54) is 0 Å². The summed E-state index contributed by atoms with van der Waals surface area (Å²) in [5.74, 6) is 0.752. The monoisotopic (exact) mass is 395 g/mol. The Labute approximate surface area is 172 Å². The Hall–Kier alpha value is -3.09. The maximum absolute atomic E-state index is 12.7. The second-order valence-corrected chi connectivity index (χ2v) is 7.54. The van der Waals surface area contributed by atoms with Crippen LogP contribution < -0.4 is 15.5 Å². The Balaban J connectivity index is 1.51. The molecule has 2 aromatic rings. The van der Waals surface area contributed by atoms with Crippen molar-refractivity contribution in [3.8, 4) is 0 Å². The van der Waals surface area contributed by atoms with Gasteiger partial charge in [0.2, 0.25) is 5.91 Å². The van der Waals surface area contributed by atoms with Crippen LogP contribution >= 0.6 is 0 Å². The first kappa shape index (κ1) is 20.6. The molecule has 1 aromatic carbocycles. The molecule has 1 aliphatic rings. The SMILES string of the molecule is CC(C)C(NC(=O)N1CCN(c2ccccn2)CC1)C(=O)NCc1ccccc1. The van der Waals surface area contributed by atoms with E-state index in [4.69, 9.17) is 0 Å². The highest BCUT2D eigenvalue weighted by molar-refractivity contribution is 5.87. The van der Waals surface area contributed by atoms with Crippen molar-refractivity contribution in [2.75, 3.05) is 31.1 Å². The van der Waals surface area contributed by atoms with E-state index in [0.29, 0.717) is 19.6 Å². The number of pyridine rings is 1. The third-order valence-electron chi connectivity index (χ3n) is 5.08. The highest BCUT2D eigenvalue weighted by atomic mass is 16.2. The van der Waals surface area contributed by atoms with E-state index in [0.717, 1.165) is 24.5 Å². The molecule has 1 aromatic heterocycles. The Morgan fingerprint density at radius 2 is 1.69 bits per heavy atom. The molecule has 2 heterocycles. The summed E-state index contributed by atoms with van der Waals surface area (Å²) < 4.78 is 0. The van der Waals surface area contributed by atoms with Gasteiger partial charge in [-0.2, -0.15) is 0 Å². The standard InChI is InChI=1S/C22H29N5O2/c1-17(2)20(21(28)24-16-18-8-4-3-5-9-18)25-22(29)27-14-12-26(13-15-27)19-10-6-7-11-23-19/h3-11,17,20H,12-16H2,1-2H3,(H,24,28)(H,25,29). The van der Waals surface area contributed by atoms with Gasteiger partial charge in [-0.1, -0.05) is 50.2 Å². The van der Waals surface area contributed by atoms with E-state index in [9.17, 15) is 9.59 Å². The van der Waals surface area contributed by atoms with E-state index in [1.807, 2.05) is 62.4 Å². The van der Waals surface area contributed by atoms with Gasteiger partial charge in [0.25, 0.3) is 0 Å². The van der Waals surface area contributed by atoms with Gasteiger partial charge in [-0.3, -0.25) is 4.79 Å². The first-order chi connectivity index (χ1) is 14.0. The zero-order valence-corrected chi connectivity index (χ0v) is 17.0. The Morgan fingerprint density at radius 1 is 1.00 bits per heavy atom. The third kappa shape index (κ3) is 5.70. The molecule has 3 amide bonds. The lowest BCUT2D eigenvalue weighted by Gasteiger charge is -2.36. The number of aromatic nitrogens is 1. The highest BCUT2D eigenvalue weighted by Crippen LogP contribution is 2.13. The molecular weight excluding hydrogens is 366 g/mol. The van der Waals surface area contributed by atoms with Crippen molar-refractivity contribution in [3.05, 3.63) is 60.3 Å². The second-order valence-electron chi connectivity index (χ2n) is 7.54. The van der Waals surface area contributed by atoms with Crippen molar-refractivity contribution < 1.29 is 9.59 Å². The van der Waals surface area contributed by atoms with Crippen LogP contribution in [0.4, 0.5) is 10.6 Å². The van der Waals surface area contributed by atoms with Gasteiger partial charge in [0.15, 0.2) is 0 Å². The lowest BCUT2D eigenvalue weighted by atomic mass is 10.0. The maximum atomic E-state index is 12.7. The lowest BCUT2D eigenvalue weighted by Crippen LogP contribution is -2.57. The molecule has 7 nitrogen and oxygen atoms in total. The number of carbonyl (C=O) groups excluding carboxylic acids is 2. The van der Waals surface area contributed by atoms with Crippen LogP contribution in [0.3, 0.4) is 0 Å². The van der Waals surface area contributed by atoms with Gasteiger partial charge in [0.05, 0.1) is 0 Å². The Morgan fingerprint density at radius 3 is 2.31 bits per heavy atom. The first-order valence-electron chi connectivity index (χ1n) is 10.1. The number of nitrogens with zero attached hydrogens (tertiary/aromatic N) is 3. The second kappa shape index (κ2) is 9.91. The number of benzene rings is 1. The molecule has 0 radical (unpaired) electrons. The number of hydrogen-bond donors (Lipinski definition) is 2. The molecule has 0 saturated carbocycles. The van der Waals surface area contributed by atoms with E-state index in [1.54, 1.807) is 11.1 Å². The summed E-state index contributed by atoms with van der Waals surface area (Å²) in [6, 6.07) is 14.8. The largest absolute Gasteiger partial charge is 0.353 e. The zero-order chi connectivity index (χ0) is 20.6. The number of urea groups is 1. The molecule has 154 valence electrons. The van der Waals surface area contributed by atoms with Crippen LogP contribution in [0.2, 0.25) is 0 Å². The van der Waals surface area contributed by atoms with Gasteiger partial charge in [-0.25, -0.2) is 9.78 Å². The summed E-state index contributed by atoms with van der Waals surface area (Å²) in [5.41, 5.74) is 1.03. The van der Waals surface area contributed by atoms with Crippen molar-refractivity contribution in [1.82, 2.24) is 20.5 Å². The molecule has 29 heavy (non-hydrogen) atoms. The Kier molecular flexibility index (Phi) is 7.05. The molecule has 1 atom stereocenters. The van der Waals surface area contributed by atoms with Crippen LogP contribution in [0, 0.1) is 5.92 Å².